The van der Waals surface area contributed by atoms with E-state index in [1.807, 2.05) is 24.0 Å². The molecular weight excluding hydrogens is 359 g/mol. The van der Waals surface area contributed by atoms with E-state index in [1.54, 1.807) is 29.2 Å². The zero-order valence-corrected chi connectivity index (χ0v) is 15.4. The fourth-order valence-corrected chi connectivity index (χ4v) is 3.61. The summed E-state index contributed by atoms with van der Waals surface area (Å²) in [5.74, 6) is -0.532. The molecule has 5 rings (SSSR count). The summed E-state index contributed by atoms with van der Waals surface area (Å²) in [5.41, 5.74) is 3.64. The van der Waals surface area contributed by atoms with Gasteiger partial charge in [-0.05, 0) is 37.5 Å². The number of fused-ring (bicyclic) bond motifs is 1. The van der Waals surface area contributed by atoms with Crippen molar-refractivity contribution >= 4 is 10.9 Å². The summed E-state index contributed by atoms with van der Waals surface area (Å²) in [5, 5.41) is 9.85. The number of aromatic nitrogens is 6. The Balaban J connectivity index is 1.71. The third-order valence-corrected chi connectivity index (χ3v) is 4.98. The second kappa shape index (κ2) is 6.79. The molecule has 0 aliphatic carbocycles. The SMILES string of the molecule is Cn1cc(-c2cc3c(-c4cccc(F)n4)nn(C4CCCCO4)c3cn2)cn1. The van der Waals surface area contributed by atoms with Crippen LogP contribution in [0.25, 0.3) is 33.5 Å². The van der Waals surface area contributed by atoms with Gasteiger partial charge in [0.05, 0.1) is 29.3 Å². The average Bonchev–Trinajstić information content (AvgIpc) is 3.32. The molecule has 28 heavy (non-hydrogen) atoms. The highest BCUT2D eigenvalue weighted by molar-refractivity contribution is 5.94. The molecular formula is C20H19FN6O. The van der Waals surface area contributed by atoms with Crippen LogP contribution in [0.1, 0.15) is 25.5 Å². The number of aryl methyl sites for hydroxylation is 1. The highest BCUT2D eigenvalue weighted by Gasteiger charge is 2.23. The highest BCUT2D eigenvalue weighted by Crippen LogP contribution is 2.33. The molecule has 142 valence electrons. The first-order chi connectivity index (χ1) is 13.7. The second-order valence-electron chi connectivity index (χ2n) is 6.95. The van der Waals surface area contributed by atoms with Crippen molar-refractivity contribution < 1.29 is 9.13 Å². The third-order valence-electron chi connectivity index (χ3n) is 4.98. The van der Waals surface area contributed by atoms with E-state index in [-0.39, 0.29) is 6.23 Å². The minimum absolute atomic E-state index is 0.149. The minimum Gasteiger partial charge on any atom is -0.356 e. The molecule has 0 bridgehead atoms. The predicted octanol–water partition coefficient (Wildman–Crippen LogP) is 3.73. The molecule has 1 unspecified atom stereocenters. The summed E-state index contributed by atoms with van der Waals surface area (Å²) in [4.78, 5) is 8.64. The lowest BCUT2D eigenvalue weighted by Gasteiger charge is -2.23. The topological polar surface area (TPSA) is 70.7 Å². The molecule has 1 fully saturated rings. The van der Waals surface area contributed by atoms with Gasteiger partial charge in [0, 0.05) is 30.8 Å². The van der Waals surface area contributed by atoms with E-state index < -0.39 is 5.95 Å². The smallest absolute Gasteiger partial charge is 0.213 e. The van der Waals surface area contributed by atoms with Gasteiger partial charge in [-0.3, -0.25) is 9.67 Å². The van der Waals surface area contributed by atoms with E-state index in [0.29, 0.717) is 18.0 Å². The number of hydrogen-bond donors (Lipinski definition) is 0. The van der Waals surface area contributed by atoms with Crippen LogP contribution in [0.3, 0.4) is 0 Å². The van der Waals surface area contributed by atoms with Gasteiger partial charge in [-0.1, -0.05) is 6.07 Å². The van der Waals surface area contributed by atoms with E-state index in [9.17, 15) is 4.39 Å². The van der Waals surface area contributed by atoms with Gasteiger partial charge in [-0.2, -0.15) is 14.6 Å². The van der Waals surface area contributed by atoms with Crippen LogP contribution in [0.5, 0.6) is 0 Å². The number of ether oxygens (including phenoxy) is 1. The second-order valence-corrected chi connectivity index (χ2v) is 6.95. The molecule has 4 aromatic rings. The average molecular weight is 378 g/mol. The number of nitrogens with zero attached hydrogens (tertiary/aromatic N) is 6. The van der Waals surface area contributed by atoms with Crippen LogP contribution in [0.15, 0.2) is 42.9 Å². The first-order valence-corrected chi connectivity index (χ1v) is 9.31. The molecule has 8 heteroatoms. The van der Waals surface area contributed by atoms with E-state index in [2.05, 4.69) is 15.1 Å². The summed E-state index contributed by atoms with van der Waals surface area (Å²) in [6.07, 6.45) is 8.34. The summed E-state index contributed by atoms with van der Waals surface area (Å²) in [6, 6.07) is 6.69. The summed E-state index contributed by atoms with van der Waals surface area (Å²) in [6.45, 7) is 0.709. The zero-order valence-electron chi connectivity index (χ0n) is 15.4. The molecule has 1 atom stereocenters. The molecule has 0 spiro atoms. The van der Waals surface area contributed by atoms with Crippen LogP contribution in [-0.4, -0.2) is 36.1 Å². The molecule has 0 radical (unpaired) electrons. The van der Waals surface area contributed by atoms with E-state index in [4.69, 9.17) is 9.84 Å². The Kier molecular flexibility index (Phi) is 4.12. The Bertz CT molecular complexity index is 1140. The van der Waals surface area contributed by atoms with Crippen LogP contribution in [0, 0.1) is 5.95 Å². The Labute approximate surface area is 160 Å². The van der Waals surface area contributed by atoms with Gasteiger partial charge < -0.3 is 4.74 Å². The number of hydrogen-bond acceptors (Lipinski definition) is 5. The Hall–Kier alpha value is -3.13. The molecule has 0 saturated carbocycles. The van der Waals surface area contributed by atoms with Crippen LogP contribution in [0.2, 0.25) is 0 Å². The molecule has 0 amide bonds. The quantitative estimate of drug-likeness (QED) is 0.508. The zero-order chi connectivity index (χ0) is 19.1. The van der Waals surface area contributed by atoms with Crippen molar-refractivity contribution in [1.29, 1.82) is 0 Å². The molecule has 7 nitrogen and oxygen atoms in total. The Morgan fingerprint density at radius 1 is 1.18 bits per heavy atom. The first-order valence-electron chi connectivity index (χ1n) is 9.31. The Morgan fingerprint density at radius 2 is 2.11 bits per heavy atom. The summed E-state index contributed by atoms with van der Waals surface area (Å²) < 4.78 is 23.3. The fraction of sp³-hybridized carbons (Fsp3) is 0.300. The molecule has 0 aromatic carbocycles. The van der Waals surface area contributed by atoms with Gasteiger partial charge in [0.15, 0.2) is 6.23 Å². The highest BCUT2D eigenvalue weighted by atomic mass is 19.1. The van der Waals surface area contributed by atoms with Gasteiger partial charge in [-0.25, -0.2) is 9.67 Å². The van der Waals surface area contributed by atoms with Crippen LogP contribution < -0.4 is 0 Å². The number of pyridine rings is 2. The normalized spacial score (nSPS) is 17.3. The van der Waals surface area contributed by atoms with Crippen molar-refractivity contribution in [3.05, 3.63) is 48.8 Å². The molecule has 1 saturated heterocycles. The monoisotopic (exact) mass is 378 g/mol. The molecule has 0 N–H and O–H groups in total. The maximum Gasteiger partial charge on any atom is 0.213 e. The standard InChI is InChI=1S/C20H19FN6O/c1-26-12-13(10-23-26)16-9-14-17(11-22-16)27(19-7-2-3-8-28-19)25-20(14)15-5-4-6-18(21)24-15/h4-6,9-12,19H,2-3,7-8H2,1H3. The van der Waals surface area contributed by atoms with Crippen LogP contribution in [0.4, 0.5) is 4.39 Å². The van der Waals surface area contributed by atoms with Crippen molar-refractivity contribution in [3.8, 4) is 22.6 Å². The van der Waals surface area contributed by atoms with Crippen molar-refractivity contribution in [2.75, 3.05) is 6.61 Å². The molecule has 1 aliphatic rings. The molecule has 4 aromatic heterocycles. The summed E-state index contributed by atoms with van der Waals surface area (Å²) in [7, 11) is 1.86. The maximum absolute atomic E-state index is 13.8. The lowest BCUT2D eigenvalue weighted by Crippen LogP contribution is -2.19. The van der Waals surface area contributed by atoms with Gasteiger partial charge in [0.2, 0.25) is 5.95 Å². The van der Waals surface area contributed by atoms with Crippen molar-refractivity contribution in [2.24, 2.45) is 7.05 Å². The van der Waals surface area contributed by atoms with Gasteiger partial charge in [-0.15, -0.1) is 0 Å². The lowest BCUT2D eigenvalue weighted by molar-refractivity contribution is -0.0365. The minimum atomic E-state index is -0.532. The van der Waals surface area contributed by atoms with Crippen molar-refractivity contribution in [3.63, 3.8) is 0 Å². The van der Waals surface area contributed by atoms with E-state index >= 15 is 0 Å². The molecule has 1 aliphatic heterocycles. The number of rotatable bonds is 3. The van der Waals surface area contributed by atoms with Gasteiger partial charge >= 0.3 is 0 Å². The Morgan fingerprint density at radius 3 is 2.86 bits per heavy atom. The fourth-order valence-electron chi connectivity index (χ4n) is 3.61. The predicted molar refractivity (Wildman–Crippen MR) is 102 cm³/mol. The van der Waals surface area contributed by atoms with E-state index in [1.165, 1.54) is 6.07 Å². The van der Waals surface area contributed by atoms with Crippen molar-refractivity contribution in [2.45, 2.75) is 25.5 Å². The van der Waals surface area contributed by atoms with Crippen LogP contribution in [-0.2, 0) is 11.8 Å². The van der Waals surface area contributed by atoms with Gasteiger partial charge in [0.25, 0.3) is 0 Å². The number of halogens is 1. The molecule has 5 heterocycles. The van der Waals surface area contributed by atoms with Crippen LogP contribution >= 0.6 is 0 Å². The maximum atomic E-state index is 13.8. The summed E-state index contributed by atoms with van der Waals surface area (Å²) >= 11 is 0. The van der Waals surface area contributed by atoms with E-state index in [0.717, 1.165) is 41.4 Å². The largest absolute Gasteiger partial charge is 0.356 e. The lowest BCUT2D eigenvalue weighted by atomic mass is 10.1. The third kappa shape index (κ3) is 2.95. The first kappa shape index (κ1) is 17.0. The van der Waals surface area contributed by atoms with Gasteiger partial charge in [0.1, 0.15) is 5.69 Å². The van der Waals surface area contributed by atoms with Crippen molar-refractivity contribution in [1.82, 2.24) is 29.5 Å².